The normalized spacial score (nSPS) is 47.1. The molecule has 6 rings (SSSR count). The van der Waals surface area contributed by atoms with Crippen molar-refractivity contribution in [2.75, 3.05) is 6.54 Å². The van der Waals surface area contributed by atoms with Crippen molar-refractivity contribution in [3.63, 3.8) is 0 Å². The first-order chi connectivity index (χ1) is 14.8. The maximum absolute atomic E-state index is 12.6. The van der Waals surface area contributed by atoms with E-state index >= 15 is 0 Å². The summed E-state index contributed by atoms with van der Waals surface area (Å²) in [7, 11) is 0. The Morgan fingerprint density at radius 1 is 1.06 bits per heavy atom. The molecule has 4 aliphatic carbocycles. The third-order valence-electron chi connectivity index (χ3n) is 10.0. The molecule has 0 aromatic carbocycles. The number of hydrogen-bond acceptors (Lipinski definition) is 4. The maximum atomic E-state index is 12.6. The standard InChI is InChI=1S/C26H33N3O2/c1-24-10-8-15(13-17-14-27-22-23(31)28-29-26(17,22)3)12-16(24)4-5-18-19-6-7-21(30)25(19,2)11-9-20(18)24/h4,12-13,18-20,29H,5-11,14H2,1-3H3,(H,28,31)/b17-13-/t18-,19-,20-,24-,25-,26?/m0/s1. The zero-order chi connectivity index (χ0) is 21.6. The number of rotatable bonds is 1. The van der Waals surface area contributed by atoms with Gasteiger partial charge >= 0.3 is 0 Å². The molecule has 5 nitrogen and oxygen atoms in total. The van der Waals surface area contributed by atoms with E-state index in [1.807, 2.05) is 6.92 Å². The van der Waals surface area contributed by atoms with E-state index in [4.69, 9.17) is 0 Å². The summed E-state index contributed by atoms with van der Waals surface area (Å²) in [6.45, 7) is 7.38. The van der Waals surface area contributed by atoms with Gasteiger partial charge in [0.05, 0.1) is 6.54 Å². The van der Waals surface area contributed by atoms with Gasteiger partial charge in [-0.3, -0.25) is 20.0 Å². The van der Waals surface area contributed by atoms with Gasteiger partial charge in [-0.1, -0.05) is 32.1 Å². The van der Waals surface area contributed by atoms with E-state index in [1.54, 1.807) is 0 Å². The van der Waals surface area contributed by atoms with E-state index in [-0.39, 0.29) is 16.7 Å². The number of aliphatic imine (C=N–C) groups is 1. The second-order valence-corrected chi connectivity index (χ2v) is 11.4. The van der Waals surface area contributed by atoms with Crippen LogP contribution in [0.25, 0.3) is 0 Å². The highest BCUT2D eigenvalue weighted by Crippen LogP contribution is 2.63. The third kappa shape index (κ3) is 2.50. The summed E-state index contributed by atoms with van der Waals surface area (Å²) in [4.78, 5) is 29.1. The van der Waals surface area contributed by atoms with Crippen LogP contribution in [-0.4, -0.2) is 29.5 Å². The van der Waals surface area contributed by atoms with Gasteiger partial charge in [-0.15, -0.1) is 0 Å². The lowest BCUT2D eigenvalue weighted by Crippen LogP contribution is -2.49. The van der Waals surface area contributed by atoms with Crippen molar-refractivity contribution in [2.45, 2.75) is 71.3 Å². The second-order valence-electron chi connectivity index (χ2n) is 11.4. The number of nitrogens with zero attached hydrogens (tertiary/aromatic N) is 1. The van der Waals surface area contributed by atoms with Crippen molar-refractivity contribution in [1.29, 1.82) is 0 Å². The van der Waals surface area contributed by atoms with Crippen LogP contribution in [0, 0.1) is 28.6 Å². The molecule has 31 heavy (non-hydrogen) atoms. The fourth-order valence-corrected chi connectivity index (χ4v) is 7.96. The number of ketones is 1. The number of hydrazine groups is 1. The molecule has 0 spiro atoms. The van der Waals surface area contributed by atoms with Gasteiger partial charge in [0.2, 0.25) is 0 Å². The molecule has 6 aliphatic rings. The van der Waals surface area contributed by atoms with Crippen molar-refractivity contribution in [2.24, 2.45) is 33.6 Å². The average Bonchev–Trinajstić information content (AvgIpc) is 3.34. The third-order valence-corrected chi connectivity index (χ3v) is 10.0. The lowest BCUT2D eigenvalue weighted by molar-refractivity contribution is -0.131. The van der Waals surface area contributed by atoms with Crippen LogP contribution in [0.15, 0.2) is 39.9 Å². The lowest BCUT2D eigenvalue weighted by atomic mass is 9.48. The minimum absolute atomic E-state index is 0.0572. The first-order valence-corrected chi connectivity index (χ1v) is 12.0. The van der Waals surface area contributed by atoms with E-state index in [0.717, 1.165) is 32.1 Å². The van der Waals surface area contributed by atoms with Crippen molar-refractivity contribution in [3.05, 3.63) is 34.9 Å². The predicted molar refractivity (Wildman–Crippen MR) is 120 cm³/mol. The number of Topliss-reactive ketones (excluding diaryl/α,β-unsaturated/α-hetero) is 1. The molecule has 0 aromatic rings. The van der Waals surface area contributed by atoms with Gasteiger partial charge in [0.1, 0.15) is 17.0 Å². The Bertz CT molecular complexity index is 1020. The number of amides is 1. The van der Waals surface area contributed by atoms with Crippen LogP contribution in [0.1, 0.15) is 65.7 Å². The SMILES string of the molecule is CC12NNC(=O)C1=NC/C2=C/C1=CC2=CC[C@@H]3[C@H](CC[C@]4(C)C(=O)CC[C@@H]34)[C@@]2(C)CC1. The zero-order valence-electron chi connectivity index (χ0n) is 18.9. The monoisotopic (exact) mass is 419 g/mol. The van der Waals surface area contributed by atoms with Gasteiger partial charge in [-0.25, -0.2) is 5.43 Å². The number of carbonyl (C=O) groups excluding carboxylic acids is 2. The van der Waals surface area contributed by atoms with Gasteiger partial charge < -0.3 is 0 Å². The molecule has 5 heteroatoms. The lowest BCUT2D eigenvalue weighted by Gasteiger charge is -2.55. The largest absolute Gasteiger partial charge is 0.299 e. The topological polar surface area (TPSA) is 70.6 Å². The fourth-order valence-electron chi connectivity index (χ4n) is 7.96. The molecule has 1 unspecified atom stereocenters. The molecule has 2 N–H and O–H groups in total. The number of allylic oxidation sites excluding steroid dienone is 5. The van der Waals surface area contributed by atoms with Crippen LogP contribution in [0.2, 0.25) is 0 Å². The molecule has 3 fully saturated rings. The molecule has 2 aliphatic heterocycles. The number of carbonyl (C=O) groups is 2. The van der Waals surface area contributed by atoms with Crippen LogP contribution < -0.4 is 10.9 Å². The second kappa shape index (κ2) is 6.28. The summed E-state index contributed by atoms with van der Waals surface area (Å²) >= 11 is 0. The summed E-state index contributed by atoms with van der Waals surface area (Å²) in [5, 5.41) is 0. The van der Waals surface area contributed by atoms with E-state index in [9.17, 15) is 9.59 Å². The smallest absolute Gasteiger partial charge is 0.281 e. The molecular formula is C26H33N3O2. The zero-order valence-corrected chi connectivity index (χ0v) is 18.9. The Hall–Kier alpha value is -2.01. The van der Waals surface area contributed by atoms with Crippen LogP contribution in [0.5, 0.6) is 0 Å². The van der Waals surface area contributed by atoms with Gasteiger partial charge in [-0.2, -0.15) is 0 Å². The molecular weight excluding hydrogens is 386 g/mol. The summed E-state index contributed by atoms with van der Waals surface area (Å²) in [5.41, 5.74) is 10.2. The van der Waals surface area contributed by atoms with Gasteiger partial charge in [-0.05, 0) is 85.3 Å². The molecule has 6 atom stereocenters. The van der Waals surface area contributed by atoms with Crippen molar-refractivity contribution < 1.29 is 9.59 Å². The Kier molecular flexibility index (Phi) is 3.98. The highest BCUT2D eigenvalue weighted by molar-refractivity contribution is 6.45. The molecule has 1 saturated heterocycles. The number of hydrogen-bond donors (Lipinski definition) is 2. The van der Waals surface area contributed by atoms with Gasteiger partial charge in [0, 0.05) is 11.8 Å². The van der Waals surface area contributed by atoms with E-state index in [1.165, 1.54) is 29.6 Å². The first kappa shape index (κ1) is 19.7. The quantitative estimate of drug-likeness (QED) is 0.679. The predicted octanol–water partition coefficient (Wildman–Crippen LogP) is 3.83. The summed E-state index contributed by atoms with van der Waals surface area (Å²) in [6, 6.07) is 0. The molecule has 2 saturated carbocycles. The highest BCUT2D eigenvalue weighted by atomic mass is 16.2. The Morgan fingerprint density at radius 3 is 2.71 bits per heavy atom. The summed E-state index contributed by atoms with van der Waals surface area (Å²) in [6.07, 6.45) is 14.7. The van der Waals surface area contributed by atoms with Crippen LogP contribution in [0.4, 0.5) is 0 Å². The number of nitrogens with one attached hydrogen (secondary N) is 2. The van der Waals surface area contributed by atoms with E-state index in [2.05, 4.69) is 47.9 Å². The van der Waals surface area contributed by atoms with Gasteiger partial charge in [0.25, 0.3) is 5.91 Å². The first-order valence-electron chi connectivity index (χ1n) is 12.0. The van der Waals surface area contributed by atoms with E-state index < -0.39 is 5.54 Å². The Balaban J connectivity index is 1.30. The fraction of sp³-hybridized carbons (Fsp3) is 0.654. The highest BCUT2D eigenvalue weighted by Gasteiger charge is 2.58. The molecule has 2 heterocycles. The van der Waals surface area contributed by atoms with Crippen LogP contribution in [0.3, 0.4) is 0 Å². The molecule has 0 bridgehead atoms. The maximum Gasteiger partial charge on any atom is 0.281 e. The Labute approximate surface area is 184 Å². The van der Waals surface area contributed by atoms with Crippen LogP contribution in [-0.2, 0) is 9.59 Å². The van der Waals surface area contributed by atoms with E-state index in [0.29, 0.717) is 35.8 Å². The van der Waals surface area contributed by atoms with Crippen molar-refractivity contribution in [3.8, 4) is 0 Å². The Morgan fingerprint density at radius 2 is 1.87 bits per heavy atom. The van der Waals surface area contributed by atoms with Crippen molar-refractivity contribution >= 4 is 17.4 Å². The molecule has 0 radical (unpaired) electrons. The van der Waals surface area contributed by atoms with Crippen LogP contribution >= 0.6 is 0 Å². The molecule has 164 valence electrons. The molecule has 1 amide bonds. The average molecular weight is 420 g/mol. The summed E-state index contributed by atoms with van der Waals surface area (Å²) < 4.78 is 0. The number of fused-ring (bicyclic) bond motifs is 6. The minimum atomic E-state index is -0.479. The summed E-state index contributed by atoms with van der Waals surface area (Å²) in [5.74, 6) is 2.35. The van der Waals surface area contributed by atoms with Gasteiger partial charge in [0.15, 0.2) is 0 Å². The van der Waals surface area contributed by atoms with Crippen molar-refractivity contribution in [1.82, 2.24) is 10.9 Å². The molecule has 0 aromatic heterocycles. The minimum Gasteiger partial charge on any atom is -0.299 e.